The maximum absolute atomic E-state index is 13.8. The number of unbranched alkanes of at least 4 members (excludes halogenated alkanes) is 3. The fourth-order valence-electron chi connectivity index (χ4n) is 6.22. The van der Waals surface area contributed by atoms with Crippen LogP contribution >= 0.6 is 8.60 Å². The molecule has 3 aromatic rings. The van der Waals surface area contributed by atoms with Crippen LogP contribution in [0.5, 0.6) is 0 Å². The van der Waals surface area contributed by atoms with E-state index in [-0.39, 0.29) is 36.5 Å². The molecule has 3 N–H and O–H groups in total. The van der Waals surface area contributed by atoms with Crippen molar-refractivity contribution in [1.82, 2.24) is 25.6 Å². The second-order valence-electron chi connectivity index (χ2n) is 14.2. The van der Waals surface area contributed by atoms with Crippen molar-refractivity contribution in [3.63, 3.8) is 0 Å². The molecule has 1 unspecified atom stereocenters. The number of benzene rings is 2. The minimum Gasteiger partial charge on any atom is -0.377 e. The number of nitrogens with zero attached hydrogens (tertiary/aromatic N) is 4. The van der Waals surface area contributed by atoms with Gasteiger partial charge in [0.1, 0.15) is 5.69 Å². The van der Waals surface area contributed by atoms with Crippen LogP contribution in [-0.4, -0.2) is 130 Å². The summed E-state index contributed by atoms with van der Waals surface area (Å²) in [5.74, 6) is -0.333. The summed E-state index contributed by atoms with van der Waals surface area (Å²) in [6.07, 6.45) is 3.58. The molecule has 2 aromatic carbocycles. The van der Waals surface area contributed by atoms with Crippen LogP contribution in [0.1, 0.15) is 57.9 Å². The van der Waals surface area contributed by atoms with Crippen LogP contribution in [0.2, 0.25) is 0 Å². The summed E-state index contributed by atoms with van der Waals surface area (Å²) >= 11 is 0. The lowest BCUT2D eigenvalue weighted by molar-refractivity contribution is -0.125. The largest absolute Gasteiger partial charge is 0.377 e. The van der Waals surface area contributed by atoms with Crippen molar-refractivity contribution in [3.05, 3.63) is 54.1 Å². The molecule has 0 bridgehead atoms. The number of anilines is 1. The summed E-state index contributed by atoms with van der Waals surface area (Å²) in [5.41, 5.74) is 4.88. The molecule has 0 radical (unpaired) electrons. The fourth-order valence-corrected chi connectivity index (χ4v) is 6.62. The molecule has 1 atom stereocenters. The van der Waals surface area contributed by atoms with Gasteiger partial charge >= 0.3 is 8.60 Å². The predicted octanol–water partition coefficient (Wildman–Crippen LogP) is 4.65. The van der Waals surface area contributed by atoms with E-state index < -0.39 is 8.60 Å². The Morgan fingerprint density at radius 3 is 2.03 bits per heavy atom. The van der Waals surface area contributed by atoms with Gasteiger partial charge < -0.3 is 53.2 Å². The van der Waals surface area contributed by atoms with E-state index in [1.54, 1.807) is 4.90 Å². The normalized spacial score (nSPS) is 12.7. The van der Waals surface area contributed by atoms with Crippen LogP contribution in [0, 0.1) is 5.92 Å². The lowest BCUT2D eigenvalue weighted by Crippen LogP contribution is -2.33. The van der Waals surface area contributed by atoms with Crippen LogP contribution in [0.15, 0.2) is 48.5 Å². The van der Waals surface area contributed by atoms with Crippen LogP contribution in [0.25, 0.3) is 22.5 Å². The van der Waals surface area contributed by atoms with Crippen molar-refractivity contribution >= 4 is 32.0 Å². The second-order valence-corrected chi connectivity index (χ2v) is 15.3. The van der Waals surface area contributed by atoms with Gasteiger partial charge in [0.2, 0.25) is 17.7 Å². The summed E-state index contributed by atoms with van der Waals surface area (Å²) in [5, 5.41) is 14.9. The average molecular weight is 859 g/mol. The van der Waals surface area contributed by atoms with Crippen molar-refractivity contribution in [2.75, 3.05) is 97.8 Å². The van der Waals surface area contributed by atoms with Gasteiger partial charge in [-0.15, -0.1) is 5.10 Å². The molecule has 0 fully saturated rings. The first kappa shape index (κ1) is 48.8. The first-order valence-corrected chi connectivity index (χ1v) is 21.9. The van der Waals surface area contributed by atoms with E-state index >= 15 is 0 Å². The van der Waals surface area contributed by atoms with Crippen molar-refractivity contribution in [2.45, 2.75) is 65.5 Å². The molecule has 3 amide bonds. The SMILES string of the molecule is COP(O)OCCCCCCNC(=O)CCC(=O)N1Cc2ccccc2-c2c(nnn2CCOCCOCCOCCOCCOCCNC(=O)C(C)C)-c2ccccc21. The standard InChI is InChI=1S/C42H63N6O11P/c1-33(2)42(51)44-19-22-54-24-26-56-28-30-58-31-29-57-27-25-55-23-20-48-41-35-13-7-6-12-34(35)32-47(37-15-9-8-14-36(37)40(41)45-46-48)39(50)17-16-38(49)43-18-10-4-5-11-21-59-60(52)53-3/h6-9,12-15,33,52H,4-5,10-11,16-32H2,1-3H3,(H,43,49)(H,44,51). The number of ether oxygens (including phenoxy) is 5. The Hall–Kier alpha value is -3.90. The predicted molar refractivity (Wildman–Crippen MR) is 227 cm³/mol. The Labute approximate surface area is 354 Å². The van der Waals surface area contributed by atoms with E-state index in [0.717, 1.165) is 48.1 Å². The minimum absolute atomic E-state index is 0.0173. The van der Waals surface area contributed by atoms with Gasteiger partial charge in [-0.1, -0.05) is 74.4 Å². The van der Waals surface area contributed by atoms with Crippen molar-refractivity contribution in [1.29, 1.82) is 0 Å². The number of hydrogen-bond donors (Lipinski definition) is 3. The summed E-state index contributed by atoms with van der Waals surface area (Å²) in [6, 6.07) is 15.6. The third-order valence-electron chi connectivity index (χ3n) is 9.41. The monoisotopic (exact) mass is 858 g/mol. The number of carbonyl (C=O) groups is 3. The van der Waals surface area contributed by atoms with Crippen molar-refractivity contribution in [2.24, 2.45) is 5.92 Å². The Kier molecular flexibility index (Phi) is 23.2. The van der Waals surface area contributed by atoms with Gasteiger partial charge in [-0.05, 0) is 24.5 Å². The molecule has 18 heteroatoms. The maximum Gasteiger partial charge on any atom is 0.329 e. The number of hydrogen-bond acceptors (Lipinski definition) is 13. The number of para-hydroxylation sites is 1. The summed E-state index contributed by atoms with van der Waals surface area (Å²) < 4.78 is 39.7. The number of rotatable bonds is 31. The van der Waals surface area contributed by atoms with Crippen LogP contribution in [0.4, 0.5) is 5.69 Å². The number of nitrogens with one attached hydrogen (secondary N) is 2. The number of aromatic nitrogens is 3. The van der Waals surface area contributed by atoms with Gasteiger partial charge in [0.15, 0.2) is 0 Å². The molecular formula is C42H63N6O11P. The molecule has 17 nitrogen and oxygen atoms in total. The Bertz CT molecular complexity index is 1710. The topological polar surface area (TPSA) is 194 Å². The molecule has 0 spiro atoms. The highest BCUT2D eigenvalue weighted by Crippen LogP contribution is 2.41. The van der Waals surface area contributed by atoms with Crippen LogP contribution in [-0.2, 0) is 60.2 Å². The van der Waals surface area contributed by atoms with E-state index in [1.165, 1.54) is 7.11 Å². The van der Waals surface area contributed by atoms with Crippen molar-refractivity contribution < 1.29 is 52.0 Å². The van der Waals surface area contributed by atoms with E-state index in [4.69, 9.17) is 32.7 Å². The number of fused-ring (bicyclic) bond motifs is 5. The number of carbonyl (C=O) groups excluding carboxylic acids is 3. The third kappa shape index (κ3) is 17.2. The second kappa shape index (κ2) is 28.6. The zero-order valence-corrected chi connectivity index (χ0v) is 36.2. The van der Waals surface area contributed by atoms with E-state index in [9.17, 15) is 19.3 Å². The molecular weight excluding hydrogens is 795 g/mol. The van der Waals surface area contributed by atoms with Gasteiger partial charge in [0, 0.05) is 50.1 Å². The average Bonchev–Trinajstić information content (AvgIpc) is 3.67. The highest BCUT2D eigenvalue weighted by atomic mass is 31.2. The van der Waals surface area contributed by atoms with Crippen LogP contribution < -0.4 is 15.5 Å². The molecule has 1 aromatic heterocycles. The highest BCUT2D eigenvalue weighted by molar-refractivity contribution is 7.40. The molecule has 0 saturated heterocycles. The molecule has 60 heavy (non-hydrogen) atoms. The Balaban J connectivity index is 1.16. The first-order chi connectivity index (χ1) is 29.3. The van der Waals surface area contributed by atoms with Gasteiger partial charge in [-0.2, -0.15) is 0 Å². The minimum atomic E-state index is -1.79. The van der Waals surface area contributed by atoms with Gasteiger partial charge in [0.05, 0.1) is 97.1 Å². The fraction of sp³-hybridized carbons (Fsp3) is 0.595. The van der Waals surface area contributed by atoms with Gasteiger partial charge in [-0.25, -0.2) is 4.68 Å². The zero-order chi connectivity index (χ0) is 42.8. The van der Waals surface area contributed by atoms with Gasteiger partial charge in [0.25, 0.3) is 0 Å². The number of amides is 3. The smallest absolute Gasteiger partial charge is 0.329 e. The lowest BCUT2D eigenvalue weighted by atomic mass is 9.95. The first-order valence-electron chi connectivity index (χ1n) is 20.8. The Morgan fingerprint density at radius 2 is 1.35 bits per heavy atom. The van der Waals surface area contributed by atoms with Gasteiger partial charge in [-0.3, -0.25) is 14.4 Å². The van der Waals surface area contributed by atoms with E-state index in [0.29, 0.717) is 110 Å². The summed E-state index contributed by atoms with van der Waals surface area (Å²) in [7, 11) is -0.391. The maximum atomic E-state index is 13.8. The molecule has 332 valence electrons. The quantitative estimate of drug-likeness (QED) is 0.0599. The van der Waals surface area contributed by atoms with Crippen molar-refractivity contribution in [3.8, 4) is 22.5 Å². The molecule has 1 aliphatic rings. The Morgan fingerprint density at radius 1 is 0.733 bits per heavy atom. The molecule has 0 aliphatic carbocycles. The van der Waals surface area contributed by atoms with E-state index in [1.807, 2.05) is 67.1 Å². The zero-order valence-electron chi connectivity index (χ0n) is 35.3. The van der Waals surface area contributed by atoms with E-state index in [2.05, 4.69) is 20.9 Å². The molecule has 4 rings (SSSR count). The highest BCUT2D eigenvalue weighted by Gasteiger charge is 2.29. The third-order valence-corrected chi connectivity index (χ3v) is 10.1. The van der Waals surface area contributed by atoms with Crippen LogP contribution in [0.3, 0.4) is 0 Å². The summed E-state index contributed by atoms with van der Waals surface area (Å²) in [4.78, 5) is 49.1. The lowest BCUT2D eigenvalue weighted by Gasteiger charge is -2.28. The molecule has 2 heterocycles. The molecule has 0 saturated carbocycles. The summed E-state index contributed by atoms with van der Waals surface area (Å²) in [6.45, 7) is 10.3. The molecule has 1 aliphatic heterocycles.